The number of rotatable bonds is 6. The highest BCUT2D eigenvalue weighted by Gasteiger charge is 2.41. The maximum atomic E-state index is 12.9. The zero-order chi connectivity index (χ0) is 21.2. The second-order valence-electron chi connectivity index (χ2n) is 7.38. The summed E-state index contributed by atoms with van der Waals surface area (Å²) in [5.74, 6) is 0.690. The molecule has 0 unspecified atom stereocenters. The summed E-state index contributed by atoms with van der Waals surface area (Å²) in [5, 5.41) is 7.09. The first-order valence-corrected chi connectivity index (χ1v) is 11.2. The Kier molecular flexibility index (Phi) is 5.29. The van der Waals surface area contributed by atoms with Crippen LogP contribution in [0, 0.1) is 6.92 Å². The molecule has 0 atom stereocenters. The van der Waals surface area contributed by atoms with Crippen molar-refractivity contribution in [3.05, 3.63) is 71.9 Å². The number of nitrogens with zero attached hydrogens (tertiary/aromatic N) is 2. The number of aromatic nitrogens is 2. The largest absolute Gasteiger partial charge is 0.340 e. The van der Waals surface area contributed by atoms with Gasteiger partial charge < -0.3 is 9.84 Å². The smallest absolute Gasteiger partial charge is 0.261 e. The highest BCUT2D eigenvalue weighted by molar-refractivity contribution is 7.92. The fourth-order valence-electron chi connectivity index (χ4n) is 3.67. The number of hydrogen-bond donors (Lipinski definition) is 2. The summed E-state index contributed by atoms with van der Waals surface area (Å²) in [4.78, 5) is 17.4. The number of amides is 1. The van der Waals surface area contributed by atoms with Gasteiger partial charge in [0.05, 0.1) is 4.90 Å². The number of carbonyl (C=O) groups is 1. The van der Waals surface area contributed by atoms with Crippen LogP contribution in [0.15, 0.2) is 64.0 Å². The molecule has 1 heterocycles. The molecule has 0 radical (unpaired) electrons. The number of carbonyl (C=O) groups excluding carboxylic acids is 1. The van der Waals surface area contributed by atoms with Gasteiger partial charge in [-0.1, -0.05) is 36.2 Å². The molecule has 3 aromatic rings. The molecule has 8 nitrogen and oxygen atoms in total. The van der Waals surface area contributed by atoms with Gasteiger partial charge in [0.2, 0.25) is 5.89 Å². The van der Waals surface area contributed by atoms with Crippen LogP contribution in [0.25, 0.3) is 0 Å². The van der Waals surface area contributed by atoms with E-state index in [1.54, 1.807) is 49.4 Å². The number of hydrogen-bond acceptors (Lipinski definition) is 6. The van der Waals surface area contributed by atoms with Gasteiger partial charge >= 0.3 is 0 Å². The normalized spacial score (nSPS) is 15.6. The molecule has 1 aliphatic carbocycles. The van der Waals surface area contributed by atoms with Gasteiger partial charge in [-0.25, -0.2) is 8.42 Å². The standard InChI is InChI=1S/C21H22N4O4S/c1-15-22-20(24-29-15)21(13-5-6-14-21)23-19(26)16-9-11-17(12-10-16)25-30(27,28)18-7-3-2-4-8-18/h2-4,7-12,25H,5-6,13-14H2,1H3,(H,23,26). The Balaban J connectivity index is 1.49. The third-order valence-corrected chi connectivity index (χ3v) is 6.62. The SMILES string of the molecule is Cc1nc(C2(NC(=O)c3ccc(NS(=O)(=O)c4ccccc4)cc3)CCCC2)no1. The summed E-state index contributed by atoms with van der Waals surface area (Å²) in [6, 6.07) is 14.4. The molecular weight excluding hydrogens is 404 g/mol. The molecule has 30 heavy (non-hydrogen) atoms. The van der Waals surface area contributed by atoms with Crippen molar-refractivity contribution in [2.75, 3.05) is 4.72 Å². The molecule has 2 aromatic carbocycles. The molecule has 9 heteroatoms. The summed E-state index contributed by atoms with van der Waals surface area (Å²) < 4.78 is 32.5. The second kappa shape index (κ2) is 7.91. The fraction of sp³-hybridized carbons (Fsp3) is 0.286. The number of benzene rings is 2. The average molecular weight is 426 g/mol. The van der Waals surface area contributed by atoms with Gasteiger partial charge in [0.1, 0.15) is 5.54 Å². The van der Waals surface area contributed by atoms with Gasteiger partial charge in [0, 0.05) is 18.2 Å². The summed E-state index contributed by atoms with van der Waals surface area (Å²) in [6.07, 6.45) is 3.42. The Morgan fingerprint density at radius 1 is 1.03 bits per heavy atom. The first-order chi connectivity index (χ1) is 14.4. The Morgan fingerprint density at radius 3 is 2.30 bits per heavy atom. The number of aryl methyl sites for hydroxylation is 1. The van der Waals surface area contributed by atoms with E-state index in [0.717, 1.165) is 25.7 Å². The van der Waals surface area contributed by atoms with Crippen LogP contribution in [0.4, 0.5) is 5.69 Å². The molecule has 4 rings (SSSR count). The molecule has 2 N–H and O–H groups in total. The molecule has 1 fully saturated rings. The molecule has 1 saturated carbocycles. The highest BCUT2D eigenvalue weighted by Crippen LogP contribution is 2.37. The fourth-order valence-corrected chi connectivity index (χ4v) is 4.75. The van der Waals surface area contributed by atoms with E-state index in [1.165, 1.54) is 12.1 Å². The minimum atomic E-state index is -3.69. The number of nitrogens with one attached hydrogen (secondary N) is 2. The minimum Gasteiger partial charge on any atom is -0.340 e. The Bertz CT molecular complexity index is 1140. The van der Waals surface area contributed by atoms with Crippen molar-refractivity contribution in [2.45, 2.75) is 43.0 Å². The van der Waals surface area contributed by atoms with E-state index in [-0.39, 0.29) is 10.8 Å². The lowest BCUT2D eigenvalue weighted by Crippen LogP contribution is -2.44. The van der Waals surface area contributed by atoms with Crippen molar-refractivity contribution in [1.82, 2.24) is 15.5 Å². The minimum absolute atomic E-state index is 0.172. The van der Waals surface area contributed by atoms with Gasteiger partial charge in [0.15, 0.2) is 5.82 Å². The van der Waals surface area contributed by atoms with Crippen molar-refractivity contribution >= 4 is 21.6 Å². The molecular formula is C21H22N4O4S. The summed E-state index contributed by atoms with van der Waals surface area (Å²) in [5.41, 5.74) is 0.159. The molecule has 1 amide bonds. The predicted molar refractivity (Wildman–Crippen MR) is 110 cm³/mol. The van der Waals surface area contributed by atoms with E-state index < -0.39 is 15.6 Å². The summed E-state index contributed by atoms with van der Waals surface area (Å²) in [7, 11) is -3.69. The zero-order valence-corrected chi connectivity index (χ0v) is 17.3. The van der Waals surface area contributed by atoms with Gasteiger partial charge in [0.25, 0.3) is 15.9 Å². The van der Waals surface area contributed by atoms with Crippen LogP contribution in [-0.4, -0.2) is 24.5 Å². The maximum Gasteiger partial charge on any atom is 0.261 e. The lowest BCUT2D eigenvalue weighted by Gasteiger charge is -2.26. The van der Waals surface area contributed by atoms with Crippen LogP contribution in [-0.2, 0) is 15.6 Å². The first kappa shape index (κ1) is 20.1. The molecule has 156 valence electrons. The molecule has 0 saturated heterocycles. The maximum absolute atomic E-state index is 12.9. The second-order valence-corrected chi connectivity index (χ2v) is 9.06. The molecule has 1 aromatic heterocycles. The first-order valence-electron chi connectivity index (χ1n) is 9.69. The topological polar surface area (TPSA) is 114 Å². The lowest BCUT2D eigenvalue weighted by molar-refractivity contribution is 0.0892. The van der Waals surface area contributed by atoms with E-state index in [9.17, 15) is 13.2 Å². The van der Waals surface area contributed by atoms with Crippen molar-refractivity contribution < 1.29 is 17.7 Å². The van der Waals surface area contributed by atoms with Crippen LogP contribution in [0.3, 0.4) is 0 Å². The lowest BCUT2D eigenvalue weighted by atomic mass is 9.96. The van der Waals surface area contributed by atoms with E-state index in [1.807, 2.05) is 0 Å². The van der Waals surface area contributed by atoms with Crippen LogP contribution in [0.1, 0.15) is 47.8 Å². The number of anilines is 1. The van der Waals surface area contributed by atoms with Crippen molar-refractivity contribution in [3.63, 3.8) is 0 Å². The van der Waals surface area contributed by atoms with E-state index in [0.29, 0.717) is 23.0 Å². The predicted octanol–water partition coefficient (Wildman–Crippen LogP) is 3.38. The quantitative estimate of drug-likeness (QED) is 0.625. The molecule has 0 aliphatic heterocycles. The van der Waals surface area contributed by atoms with E-state index in [2.05, 4.69) is 20.2 Å². The van der Waals surface area contributed by atoms with Gasteiger partial charge in [-0.3, -0.25) is 9.52 Å². The third-order valence-electron chi connectivity index (χ3n) is 5.22. The van der Waals surface area contributed by atoms with Crippen LogP contribution in [0.2, 0.25) is 0 Å². The molecule has 0 spiro atoms. The Labute approximate surface area is 174 Å². The van der Waals surface area contributed by atoms with Gasteiger partial charge in [-0.05, 0) is 49.2 Å². The average Bonchev–Trinajstić information content (AvgIpc) is 3.39. The van der Waals surface area contributed by atoms with E-state index in [4.69, 9.17) is 4.52 Å². The molecule has 0 bridgehead atoms. The van der Waals surface area contributed by atoms with Gasteiger partial charge in [-0.15, -0.1) is 0 Å². The van der Waals surface area contributed by atoms with Crippen molar-refractivity contribution in [3.8, 4) is 0 Å². The van der Waals surface area contributed by atoms with Crippen LogP contribution in [0.5, 0.6) is 0 Å². The van der Waals surface area contributed by atoms with Crippen molar-refractivity contribution in [1.29, 1.82) is 0 Å². The van der Waals surface area contributed by atoms with Crippen LogP contribution < -0.4 is 10.0 Å². The van der Waals surface area contributed by atoms with Gasteiger partial charge in [-0.2, -0.15) is 4.98 Å². The zero-order valence-electron chi connectivity index (χ0n) is 16.5. The number of sulfonamides is 1. The summed E-state index contributed by atoms with van der Waals surface area (Å²) >= 11 is 0. The monoisotopic (exact) mass is 426 g/mol. The van der Waals surface area contributed by atoms with Crippen molar-refractivity contribution in [2.24, 2.45) is 0 Å². The van der Waals surface area contributed by atoms with E-state index >= 15 is 0 Å². The summed E-state index contributed by atoms with van der Waals surface area (Å²) in [6.45, 7) is 1.72. The third kappa shape index (κ3) is 4.06. The molecule has 1 aliphatic rings. The Hall–Kier alpha value is -3.20. The van der Waals surface area contributed by atoms with Crippen LogP contribution >= 0.6 is 0 Å². The Morgan fingerprint density at radius 2 is 1.70 bits per heavy atom. The highest BCUT2D eigenvalue weighted by atomic mass is 32.2.